The second-order valence-corrected chi connectivity index (χ2v) is 4.28. The van der Waals surface area contributed by atoms with Crippen LogP contribution in [-0.2, 0) is 0 Å². The molecule has 0 fully saturated rings. The highest BCUT2D eigenvalue weighted by molar-refractivity contribution is 7.99. The van der Waals surface area contributed by atoms with Gasteiger partial charge in [0.25, 0.3) is 0 Å². The summed E-state index contributed by atoms with van der Waals surface area (Å²) in [7, 11) is 0. The van der Waals surface area contributed by atoms with Crippen LogP contribution in [0.4, 0.5) is 5.69 Å². The minimum absolute atomic E-state index is 0.155. The molecule has 0 bridgehead atoms. The molecule has 1 aromatic heterocycles. The van der Waals surface area contributed by atoms with Gasteiger partial charge < -0.3 is 5.84 Å². The number of hydrogen-bond donors (Lipinski definition) is 1. The first-order valence-corrected chi connectivity index (χ1v) is 5.90. The third kappa shape index (κ3) is 3.48. The van der Waals surface area contributed by atoms with Crippen molar-refractivity contribution in [3.63, 3.8) is 0 Å². The van der Waals surface area contributed by atoms with Crippen molar-refractivity contribution in [3.8, 4) is 0 Å². The molecule has 0 spiro atoms. The average Bonchev–Trinajstić information content (AvgIpc) is 2.20. The molecule has 0 aromatic carbocycles. The molecule has 0 amide bonds. The van der Waals surface area contributed by atoms with Crippen molar-refractivity contribution in [2.24, 2.45) is 16.2 Å². The van der Waals surface area contributed by atoms with Crippen LogP contribution in [0.25, 0.3) is 0 Å². The minimum atomic E-state index is 0.155. The third-order valence-corrected chi connectivity index (χ3v) is 2.95. The van der Waals surface area contributed by atoms with Crippen LogP contribution in [0.15, 0.2) is 15.5 Å². The Labute approximate surface area is 101 Å². The summed E-state index contributed by atoms with van der Waals surface area (Å²) in [5, 5.41) is 7.46. The smallest absolute Gasteiger partial charge is 0.190 e. The van der Waals surface area contributed by atoms with Crippen molar-refractivity contribution >= 4 is 40.7 Å². The molecule has 0 aliphatic heterocycles. The molecule has 0 radical (unpaired) electrons. The molecule has 1 rings (SSSR count). The van der Waals surface area contributed by atoms with Gasteiger partial charge in [0.2, 0.25) is 0 Å². The first kappa shape index (κ1) is 12.5. The fraction of sp³-hybridized carbons (Fsp3) is 0.429. The molecule has 2 N–H and O–H groups in total. The lowest BCUT2D eigenvalue weighted by molar-refractivity contribution is 0.945. The maximum Gasteiger partial charge on any atom is 0.190 e. The minimum Gasteiger partial charge on any atom is -0.305 e. The molecule has 15 heavy (non-hydrogen) atoms. The van der Waals surface area contributed by atoms with Gasteiger partial charge in [-0.05, 0) is 6.42 Å². The van der Waals surface area contributed by atoms with Crippen LogP contribution in [0.1, 0.15) is 13.3 Å². The second kappa shape index (κ2) is 6.09. The largest absolute Gasteiger partial charge is 0.305 e. The van der Waals surface area contributed by atoms with Gasteiger partial charge in [0, 0.05) is 5.75 Å². The molecule has 0 aliphatic rings. The fourth-order valence-corrected chi connectivity index (χ4v) is 2.04. The predicted molar refractivity (Wildman–Crippen MR) is 61.8 cm³/mol. The van der Waals surface area contributed by atoms with E-state index in [1.807, 2.05) is 0 Å². The van der Waals surface area contributed by atoms with Crippen LogP contribution in [0.2, 0.25) is 10.3 Å². The van der Waals surface area contributed by atoms with Gasteiger partial charge in [-0.2, -0.15) is 0 Å². The Bertz CT molecular complexity index is 347. The van der Waals surface area contributed by atoms with Crippen molar-refractivity contribution in [2.45, 2.75) is 18.5 Å². The van der Waals surface area contributed by atoms with Gasteiger partial charge in [-0.15, -0.1) is 5.11 Å². The highest BCUT2D eigenvalue weighted by Crippen LogP contribution is 2.32. The van der Waals surface area contributed by atoms with Crippen LogP contribution in [0, 0.1) is 0 Å². The highest BCUT2D eigenvalue weighted by atomic mass is 35.5. The van der Waals surface area contributed by atoms with Crippen LogP contribution in [0.5, 0.6) is 0 Å². The standard InChI is InChI=1S/C7H9Cl2N5S/c1-2-3-15-7-11-5(8)4(13-14-10)6(9)12-7/h2-3H2,1H3,(H2,10,13). The summed E-state index contributed by atoms with van der Waals surface area (Å²) in [5.74, 6) is 5.80. The number of hydrogen-bond acceptors (Lipinski definition) is 5. The summed E-state index contributed by atoms with van der Waals surface area (Å²) >= 11 is 13.1. The molecular formula is C7H9Cl2N5S. The Morgan fingerprint density at radius 2 is 1.93 bits per heavy atom. The Morgan fingerprint density at radius 3 is 2.40 bits per heavy atom. The quantitative estimate of drug-likeness (QED) is 0.226. The second-order valence-electron chi connectivity index (χ2n) is 2.50. The van der Waals surface area contributed by atoms with Crippen LogP contribution in [-0.4, -0.2) is 15.7 Å². The molecule has 0 unspecified atom stereocenters. The van der Waals surface area contributed by atoms with Crippen molar-refractivity contribution in [3.05, 3.63) is 10.3 Å². The van der Waals surface area contributed by atoms with E-state index < -0.39 is 0 Å². The Balaban J connectivity index is 2.97. The summed E-state index contributed by atoms with van der Waals surface area (Å²) in [6.07, 6.45) is 1.02. The highest BCUT2D eigenvalue weighted by Gasteiger charge is 2.11. The van der Waals surface area contributed by atoms with Crippen molar-refractivity contribution in [1.82, 2.24) is 9.97 Å². The van der Waals surface area contributed by atoms with Gasteiger partial charge in [0.05, 0.1) is 0 Å². The first-order chi connectivity index (χ1) is 7.19. The monoisotopic (exact) mass is 265 g/mol. The number of nitrogens with zero attached hydrogens (tertiary/aromatic N) is 4. The number of rotatable bonds is 4. The molecule has 5 nitrogen and oxygen atoms in total. The molecular weight excluding hydrogens is 257 g/mol. The van der Waals surface area contributed by atoms with Crippen LogP contribution >= 0.6 is 35.0 Å². The zero-order valence-electron chi connectivity index (χ0n) is 7.94. The summed E-state index contributed by atoms with van der Waals surface area (Å²) < 4.78 is 0. The molecule has 1 heterocycles. The van der Waals surface area contributed by atoms with Gasteiger partial charge in [-0.3, -0.25) is 0 Å². The molecule has 0 atom stereocenters. The zero-order valence-corrected chi connectivity index (χ0v) is 10.3. The summed E-state index contributed by atoms with van der Waals surface area (Å²) in [6, 6.07) is 0. The SMILES string of the molecule is CCCSc1nc(Cl)c(N=NN)c(Cl)n1. The number of nitrogens with two attached hydrogens (primary N) is 1. The van der Waals surface area contributed by atoms with Gasteiger partial charge in [-0.25, -0.2) is 9.97 Å². The normalized spacial score (nSPS) is 11.1. The lowest BCUT2D eigenvalue weighted by Gasteiger charge is -2.02. The van der Waals surface area contributed by atoms with E-state index in [9.17, 15) is 0 Å². The van der Waals surface area contributed by atoms with E-state index in [-0.39, 0.29) is 16.0 Å². The first-order valence-electron chi connectivity index (χ1n) is 4.15. The summed E-state index contributed by atoms with van der Waals surface area (Å²) in [6.45, 7) is 2.06. The molecule has 1 aromatic rings. The molecule has 82 valence electrons. The van der Waals surface area contributed by atoms with E-state index in [0.717, 1.165) is 12.2 Å². The van der Waals surface area contributed by atoms with E-state index in [0.29, 0.717) is 5.16 Å². The number of aromatic nitrogens is 2. The van der Waals surface area contributed by atoms with Gasteiger partial charge in [-0.1, -0.05) is 47.1 Å². The van der Waals surface area contributed by atoms with E-state index in [2.05, 4.69) is 27.2 Å². The number of halogens is 2. The molecule has 0 saturated carbocycles. The average molecular weight is 266 g/mol. The molecule has 8 heteroatoms. The third-order valence-electron chi connectivity index (χ3n) is 1.37. The van der Waals surface area contributed by atoms with Crippen molar-refractivity contribution in [1.29, 1.82) is 0 Å². The van der Waals surface area contributed by atoms with Gasteiger partial charge in [0.1, 0.15) is 0 Å². The zero-order chi connectivity index (χ0) is 11.3. The van der Waals surface area contributed by atoms with E-state index in [1.54, 1.807) is 0 Å². The maximum absolute atomic E-state index is 5.83. The topological polar surface area (TPSA) is 76.5 Å². The maximum atomic E-state index is 5.83. The van der Waals surface area contributed by atoms with Crippen molar-refractivity contribution in [2.75, 3.05) is 5.75 Å². The van der Waals surface area contributed by atoms with E-state index >= 15 is 0 Å². The Hall–Kier alpha value is -0.590. The lowest BCUT2D eigenvalue weighted by Crippen LogP contribution is -1.90. The predicted octanol–water partition coefficient (Wildman–Crippen LogP) is 3.24. The van der Waals surface area contributed by atoms with Gasteiger partial charge >= 0.3 is 0 Å². The fourth-order valence-electron chi connectivity index (χ4n) is 0.782. The van der Waals surface area contributed by atoms with Crippen LogP contribution in [0.3, 0.4) is 0 Å². The summed E-state index contributed by atoms with van der Waals surface area (Å²) in [5.41, 5.74) is 0.196. The van der Waals surface area contributed by atoms with Crippen LogP contribution < -0.4 is 5.84 Å². The summed E-state index contributed by atoms with van der Waals surface area (Å²) in [4.78, 5) is 8.03. The van der Waals surface area contributed by atoms with E-state index in [1.165, 1.54) is 11.8 Å². The molecule has 0 saturated heterocycles. The number of thioether (sulfide) groups is 1. The molecule has 0 aliphatic carbocycles. The van der Waals surface area contributed by atoms with Crippen molar-refractivity contribution < 1.29 is 0 Å². The van der Waals surface area contributed by atoms with Gasteiger partial charge in [0.15, 0.2) is 21.2 Å². The Kier molecular flexibility index (Phi) is 5.07. The van der Waals surface area contributed by atoms with E-state index in [4.69, 9.17) is 29.0 Å². The lowest BCUT2D eigenvalue weighted by atomic mass is 10.6. The Morgan fingerprint density at radius 1 is 1.33 bits per heavy atom.